The summed E-state index contributed by atoms with van der Waals surface area (Å²) in [5, 5.41) is 12.3. The Hall–Kier alpha value is -2.60. The van der Waals surface area contributed by atoms with Crippen LogP contribution in [-0.4, -0.2) is 25.5 Å². The maximum Gasteiger partial charge on any atom is 0.251 e. The first-order valence-corrected chi connectivity index (χ1v) is 8.94. The van der Waals surface area contributed by atoms with Crippen LogP contribution in [0, 0.1) is 13.8 Å². The topological polar surface area (TPSA) is 64.7 Å². The number of aromatic nitrogens is 4. The van der Waals surface area contributed by atoms with E-state index in [1.54, 1.807) is 6.20 Å². The van der Waals surface area contributed by atoms with Crippen LogP contribution >= 0.6 is 11.6 Å². The van der Waals surface area contributed by atoms with Gasteiger partial charge in [-0.15, -0.1) is 0 Å². The third kappa shape index (κ3) is 3.80. The number of halogens is 1. The summed E-state index contributed by atoms with van der Waals surface area (Å²) in [4.78, 5) is 12.5. The Morgan fingerprint density at radius 1 is 1.23 bits per heavy atom. The zero-order valence-electron chi connectivity index (χ0n) is 15.2. The molecule has 1 amide bonds. The van der Waals surface area contributed by atoms with Crippen LogP contribution in [0.4, 0.5) is 0 Å². The second kappa shape index (κ2) is 7.74. The molecule has 0 bridgehead atoms. The van der Waals surface area contributed by atoms with Gasteiger partial charge in [0.1, 0.15) is 0 Å². The fraction of sp³-hybridized carbons (Fsp3) is 0.316. The average molecular weight is 372 g/mol. The molecule has 0 unspecified atom stereocenters. The minimum Gasteiger partial charge on any atom is -0.346 e. The molecule has 0 aliphatic rings. The molecule has 26 heavy (non-hydrogen) atoms. The maximum absolute atomic E-state index is 12.5. The van der Waals surface area contributed by atoms with Crippen molar-refractivity contribution in [3.63, 3.8) is 0 Å². The first-order valence-electron chi connectivity index (χ1n) is 8.57. The molecule has 6 nitrogen and oxygen atoms in total. The van der Waals surface area contributed by atoms with Crippen molar-refractivity contribution in [2.24, 2.45) is 0 Å². The Kier molecular flexibility index (Phi) is 5.42. The highest BCUT2D eigenvalue weighted by Crippen LogP contribution is 2.20. The molecule has 0 saturated carbocycles. The molecule has 3 aromatic rings. The minimum atomic E-state index is -0.109. The number of benzene rings is 1. The van der Waals surface area contributed by atoms with Crippen LogP contribution < -0.4 is 5.32 Å². The Morgan fingerprint density at radius 2 is 2.04 bits per heavy atom. The average Bonchev–Trinajstić information content (AvgIpc) is 3.20. The predicted octanol–water partition coefficient (Wildman–Crippen LogP) is 3.35. The maximum atomic E-state index is 12.5. The van der Waals surface area contributed by atoms with Crippen molar-refractivity contribution < 1.29 is 4.79 Å². The van der Waals surface area contributed by atoms with Crippen molar-refractivity contribution in [2.75, 3.05) is 0 Å². The predicted molar refractivity (Wildman–Crippen MR) is 101 cm³/mol. The van der Waals surface area contributed by atoms with Crippen molar-refractivity contribution in [2.45, 2.75) is 40.4 Å². The van der Waals surface area contributed by atoms with E-state index in [1.807, 2.05) is 60.5 Å². The lowest BCUT2D eigenvalue weighted by atomic mass is 10.1. The number of nitrogens with zero attached hydrogens (tertiary/aromatic N) is 4. The summed E-state index contributed by atoms with van der Waals surface area (Å²) in [6, 6.07) is 9.47. The number of aryl methyl sites for hydroxylation is 2. The van der Waals surface area contributed by atoms with Gasteiger partial charge in [0.05, 0.1) is 35.2 Å². The van der Waals surface area contributed by atoms with Crippen LogP contribution in [0.1, 0.15) is 39.9 Å². The number of carbonyl (C=O) groups excluding carboxylic acids is 1. The van der Waals surface area contributed by atoms with Crippen molar-refractivity contribution in [3.05, 3.63) is 69.8 Å². The SMILES string of the molecule is CCn1nccc1CNC(=O)c1cccc(Cn2nc(C)c(Cl)c2C)c1. The molecule has 0 aliphatic heterocycles. The van der Waals surface area contributed by atoms with E-state index in [1.165, 1.54) is 0 Å². The summed E-state index contributed by atoms with van der Waals surface area (Å²) in [6.45, 7) is 7.64. The van der Waals surface area contributed by atoms with E-state index in [4.69, 9.17) is 11.6 Å². The van der Waals surface area contributed by atoms with Crippen LogP contribution in [0.5, 0.6) is 0 Å². The van der Waals surface area contributed by atoms with Gasteiger partial charge in [0.25, 0.3) is 5.91 Å². The van der Waals surface area contributed by atoms with Crippen LogP contribution in [0.2, 0.25) is 5.02 Å². The summed E-state index contributed by atoms with van der Waals surface area (Å²) in [5.74, 6) is -0.109. The largest absolute Gasteiger partial charge is 0.346 e. The lowest BCUT2D eigenvalue weighted by Gasteiger charge is -2.09. The Balaban J connectivity index is 1.70. The molecular weight excluding hydrogens is 350 g/mol. The molecule has 2 heterocycles. The lowest BCUT2D eigenvalue weighted by molar-refractivity contribution is 0.0950. The van der Waals surface area contributed by atoms with Gasteiger partial charge < -0.3 is 5.32 Å². The third-order valence-corrected chi connectivity index (χ3v) is 4.90. The number of amides is 1. The van der Waals surface area contributed by atoms with Gasteiger partial charge in [-0.05, 0) is 44.5 Å². The van der Waals surface area contributed by atoms with E-state index in [2.05, 4.69) is 15.5 Å². The fourth-order valence-corrected chi connectivity index (χ4v) is 3.02. The highest BCUT2D eigenvalue weighted by atomic mass is 35.5. The molecule has 3 rings (SSSR count). The molecule has 1 aromatic carbocycles. The highest BCUT2D eigenvalue weighted by molar-refractivity contribution is 6.31. The first-order chi connectivity index (χ1) is 12.5. The normalized spacial score (nSPS) is 10.9. The van der Waals surface area contributed by atoms with Gasteiger partial charge in [-0.1, -0.05) is 23.7 Å². The molecule has 0 fully saturated rings. The quantitative estimate of drug-likeness (QED) is 0.722. The summed E-state index contributed by atoms with van der Waals surface area (Å²) >= 11 is 6.21. The van der Waals surface area contributed by atoms with E-state index in [0.717, 1.165) is 29.2 Å². The number of hydrogen-bond donors (Lipinski definition) is 1. The molecule has 0 aliphatic carbocycles. The number of nitrogens with one attached hydrogen (secondary N) is 1. The summed E-state index contributed by atoms with van der Waals surface area (Å²) in [5.41, 5.74) is 4.34. The smallest absolute Gasteiger partial charge is 0.251 e. The Bertz CT molecular complexity index is 928. The van der Waals surface area contributed by atoms with E-state index in [9.17, 15) is 4.79 Å². The second-order valence-corrected chi connectivity index (χ2v) is 6.54. The minimum absolute atomic E-state index is 0.109. The van der Waals surface area contributed by atoms with Crippen LogP contribution in [0.25, 0.3) is 0 Å². The van der Waals surface area contributed by atoms with E-state index < -0.39 is 0 Å². The van der Waals surface area contributed by atoms with E-state index in [-0.39, 0.29) is 5.91 Å². The summed E-state index contributed by atoms with van der Waals surface area (Å²) in [7, 11) is 0. The van der Waals surface area contributed by atoms with Crippen molar-refractivity contribution in [3.8, 4) is 0 Å². The van der Waals surface area contributed by atoms with Crippen LogP contribution in [0.15, 0.2) is 36.5 Å². The van der Waals surface area contributed by atoms with Crippen LogP contribution in [-0.2, 0) is 19.6 Å². The van der Waals surface area contributed by atoms with Crippen molar-refractivity contribution >= 4 is 17.5 Å². The molecule has 7 heteroatoms. The number of rotatable bonds is 6. The van der Waals surface area contributed by atoms with Gasteiger partial charge in [0, 0.05) is 18.3 Å². The monoisotopic (exact) mass is 371 g/mol. The van der Waals surface area contributed by atoms with Crippen LogP contribution in [0.3, 0.4) is 0 Å². The summed E-state index contributed by atoms with van der Waals surface area (Å²) in [6.07, 6.45) is 1.74. The molecule has 1 N–H and O–H groups in total. The molecule has 2 aromatic heterocycles. The Labute approximate surface area is 157 Å². The molecule has 0 spiro atoms. The van der Waals surface area contributed by atoms with Gasteiger partial charge >= 0.3 is 0 Å². The zero-order chi connectivity index (χ0) is 18.7. The Morgan fingerprint density at radius 3 is 2.73 bits per heavy atom. The lowest BCUT2D eigenvalue weighted by Crippen LogP contribution is -2.24. The standard InChI is InChI=1S/C19H22ClN5O/c1-4-24-17(8-9-22-24)11-21-19(26)16-7-5-6-15(10-16)12-25-14(3)18(20)13(2)23-25/h5-10H,4,11-12H2,1-3H3,(H,21,26). The number of hydrogen-bond acceptors (Lipinski definition) is 3. The molecular formula is C19H22ClN5O. The van der Waals surface area contributed by atoms with Crippen molar-refractivity contribution in [1.82, 2.24) is 24.9 Å². The second-order valence-electron chi connectivity index (χ2n) is 6.16. The van der Waals surface area contributed by atoms with Gasteiger partial charge in [-0.2, -0.15) is 10.2 Å². The fourth-order valence-electron chi connectivity index (χ4n) is 2.88. The van der Waals surface area contributed by atoms with Gasteiger partial charge in [0.15, 0.2) is 0 Å². The van der Waals surface area contributed by atoms with Gasteiger partial charge in [0.2, 0.25) is 0 Å². The molecule has 0 atom stereocenters. The molecule has 0 saturated heterocycles. The molecule has 136 valence electrons. The van der Waals surface area contributed by atoms with Gasteiger partial charge in [-0.25, -0.2) is 0 Å². The number of carbonyl (C=O) groups is 1. The first kappa shape index (κ1) is 18.2. The zero-order valence-corrected chi connectivity index (χ0v) is 15.9. The van der Waals surface area contributed by atoms with E-state index >= 15 is 0 Å². The van der Waals surface area contributed by atoms with Crippen molar-refractivity contribution in [1.29, 1.82) is 0 Å². The summed E-state index contributed by atoms with van der Waals surface area (Å²) < 4.78 is 3.72. The third-order valence-electron chi connectivity index (χ3n) is 4.35. The molecule has 0 radical (unpaired) electrons. The van der Waals surface area contributed by atoms with E-state index in [0.29, 0.717) is 23.7 Å². The highest BCUT2D eigenvalue weighted by Gasteiger charge is 2.11. The van der Waals surface area contributed by atoms with Gasteiger partial charge in [-0.3, -0.25) is 14.2 Å².